The summed E-state index contributed by atoms with van der Waals surface area (Å²) in [6.07, 6.45) is 0.772. The Balaban J connectivity index is 1.46. The molecule has 0 aliphatic carbocycles. The minimum atomic E-state index is -0.219. The number of aldehydes is 1. The highest BCUT2D eigenvalue weighted by Crippen LogP contribution is 2.39. The minimum absolute atomic E-state index is 0.0342. The molecule has 1 aromatic heterocycles. The van der Waals surface area contributed by atoms with E-state index in [0.29, 0.717) is 46.6 Å². The van der Waals surface area contributed by atoms with Crippen LogP contribution in [-0.4, -0.2) is 33.9 Å². The summed E-state index contributed by atoms with van der Waals surface area (Å²) >= 11 is 0. The smallest absolute Gasteiger partial charge is 0.273 e. The number of amides is 1. The van der Waals surface area contributed by atoms with E-state index in [1.54, 1.807) is 23.1 Å². The van der Waals surface area contributed by atoms with Crippen LogP contribution in [0.1, 0.15) is 32.0 Å². The molecule has 8 nitrogen and oxygen atoms in total. The van der Waals surface area contributed by atoms with Crippen molar-refractivity contribution in [2.75, 3.05) is 12.5 Å². The van der Waals surface area contributed by atoms with Gasteiger partial charge in [0.15, 0.2) is 17.8 Å². The molecule has 0 fully saturated rings. The van der Waals surface area contributed by atoms with Crippen LogP contribution in [-0.2, 0) is 13.1 Å². The molecule has 0 atom stereocenters. The van der Waals surface area contributed by atoms with Crippen molar-refractivity contribution in [3.8, 4) is 22.6 Å². The number of aromatic nitrogens is 2. The van der Waals surface area contributed by atoms with Crippen LogP contribution in [0.2, 0.25) is 0 Å². The van der Waals surface area contributed by atoms with Gasteiger partial charge in [-0.15, -0.1) is 0 Å². The molecule has 2 aliphatic heterocycles. The molecule has 3 aromatic carbocycles. The van der Waals surface area contributed by atoms with Crippen LogP contribution in [0.15, 0.2) is 54.6 Å². The highest BCUT2D eigenvalue weighted by Gasteiger charge is 2.27. The first-order chi connectivity index (χ1) is 16.1. The Labute approximate surface area is 188 Å². The van der Waals surface area contributed by atoms with Crippen molar-refractivity contribution in [2.45, 2.75) is 13.1 Å². The van der Waals surface area contributed by atoms with Crippen molar-refractivity contribution >= 4 is 29.0 Å². The Morgan fingerprint density at radius 2 is 1.70 bits per heavy atom. The number of fused-ring (bicyclic) bond motifs is 3. The third-order valence-electron chi connectivity index (χ3n) is 6.03. The van der Waals surface area contributed by atoms with E-state index in [-0.39, 0.29) is 24.3 Å². The average Bonchev–Trinajstić information content (AvgIpc) is 3.48. The van der Waals surface area contributed by atoms with Gasteiger partial charge in [0.05, 0.1) is 5.52 Å². The number of anilines is 1. The Kier molecular flexibility index (Phi) is 4.26. The largest absolute Gasteiger partial charge is 0.454 e. The molecule has 0 spiro atoms. The number of nitrogens with two attached hydrogens (primary N) is 1. The molecule has 2 aliphatic rings. The predicted molar refractivity (Wildman–Crippen MR) is 121 cm³/mol. The van der Waals surface area contributed by atoms with Crippen molar-refractivity contribution in [3.05, 3.63) is 77.0 Å². The SMILES string of the molecule is Nc1nc(C(=O)N2Cc3ccccc3C2)c2cc(-c3cc4c(cc3C=O)OCO4)ccc2n1. The second-order valence-electron chi connectivity index (χ2n) is 8.00. The molecular formula is C25H18N4O4. The third kappa shape index (κ3) is 3.15. The van der Waals surface area contributed by atoms with Crippen LogP contribution < -0.4 is 15.2 Å². The van der Waals surface area contributed by atoms with Gasteiger partial charge in [0.25, 0.3) is 5.91 Å². The number of carbonyl (C=O) groups is 2. The zero-order valence-electron chi connectivity index (χ0n) is 17.4. The molecule has 3 heterocycles. The Hall–Kier alpha value is -4.46. The van der Waals surface area contributed by atoms with Crippen molar-refractivity contribution in [1.82, 2.24) is 14.9 Å². The van der Waals surface area contributed by atoms with Crippen LogP contribution >= 0.6 is 0 Å². The van der Waals surface area contributed by atoms with Gasteiger partial charge in [-0.3, -0.25) is 9.59 Å². The fourth-order valence-corrected chi connectivity index (χ4v) is 4.41. The summed E-state index contributed by atoms with van der Waals surface area (Å²) in [5, 5.41) is 0.567. The molecular weight excluding hydrogens is 420 g/mol. The second-order valence-corrected chi connectivity index (χ2v) is 8.00. The Morgan fingerprint density at radius 1 is 0.970 bits per heavy atom. The zero-order valence-corrected chi connectivity index (χ0v) is 17.4. The lowest BCUT2D eigenvalue weighted by Gasteiger charge is -2.17. The third-order valence-corrected chi connectivity index (χ3v) is 6.03. The van der Waals surface area contributed by atoms with Crippen molar-refractivity contribution in [2.24, 2.45) is 0 Å². The van der Waals surface area contributed by atoms with Crippen LogP contribution in [0.25, 0.3) is 22.0 Å². The summed E-state index contributed by atoms with van der Waals surface area (Å²) in [5.74, 6) is 0.910. The molecule has 162 valence electrons. The van der Waals surface area contributed by atoms with Gasteiger partial charge in [-0.1, -0.05) is 30.3 Å². The topological polar surface area (TPSA) is 108 Å². The first-order valence-corrected chi connectivity index (χ1v) is 10.4. The summed E-state index contributed by atoms with van der Waals surface area (Å²) in [4.78, 5) is 35.6. The van der Waals surface area contributed by atoms with Gasteiger partial charge in [-0.25, -0.2) is 9.97 Å². The van der Waals surface area contributed by atoms with Crippen LogP contribution in [0.4, 0.5) is 5.95 Å². The fraction of sp³-hybridized carbons (Fsp3) is 0.120. The first kappa shape index (κ1) is 19.2. The number of ether oxygens (including phenoxy) is 2. The maximum Gasteiger partial charge on any atom is 0.273 e. The molecule has 0 unspecified atom stereocenters. The van der Waals surface area contributed by atoms with E-state index >= 15 is 0 Å². The molecule has 4 aromatic rings. The van der Waals surface area contributed by atoms with E-state index in [1.807, 2.05) is 36.4 Å². The van der Waals surface area contributed by atoms with Gasteiger partial charge in [0.2, 0.25) is 12.7 Å². The molecule has 2 N–H and O–H groups in total. The highest BCUT2D eigenvalue weighted by atomic mass is 16.7. The molecule has 6 rings (SSSR count). The Morgan fingerprint density at radius 3 is 2.42 bits per heavy atom. The molecule has 1 amide bonds. The predicted octanol–water partition coefficient (Wildman–Crippen LogP) is 3.58. The van der Waals surface area contributed by atoms with Crippen LogP contribution in [0.3, 0.4) is 0 Å². The number of rotatable bonds is 3. The lowest BCUT2D eigenvalue weighted by Crippen LogP contribution is -2.27. The van der Waals surface area contributed by atoms with Gasteiger partial charge < -0.3 is 20.1 Å². The van der Waals surface area contributed by atoms with Gasteiger partial charge in [0, 0.05) is 24.0 Å². The van der Waals surface area contributed by atoms with Gasteiger partial charge >= 0.3 is 0 Å². The van der Waals surface area contributed by atoms with Crippen molar-refractivity contribution < 1.29 is 19.1 Å². The number of nitrogens with zero attached hydrogens (tertiary/aromatic N) is 3. The number of benzene rings is 3. The second kappa shape index (κ2) is 7.30. The molecule has 0 saturated carbocycles. The fourth-order valence-electron chi connectivity index (χ4n) is 4.41. The van der Waals surface area contributed by atoms with E-state index in [1.165, 1.54) is 0 Å². The van der Waals surface area contributed by atoms with Gasteiger partial charge in [0.1, 0.15) is 5.69 Å². The van der Waals surface area contributed by atoms with E-state index < -0.39 is 0 Å². The normalized spacial score (nSPS) is 13.9. The van der Waals surface area contributed by atoms with Crippen LogP contribution in [0.5, 0.6) is 11.5 Å². The average molecular weight is 438 g/mol. The summed E-state index contributed by atoms with van der Waals surface area (Å²) in [7, 11) is 0. The van der Waals surface area contributed by atoms with Crippen molar-refractivity contribution in [1.29, 1.82) is 0 Å². The summed E-state index contributed by atoms with van der Waals surface area (Å²) in [6, 6.07) is 16.8. The van der Waals surface area contributed by atoms with E-state index in [0.717, 1.165) is 23.0 Å². The number of hydrogen-bond donors (Lipinski definition) is 1. The maximum absolute atomic E-state index is 13.5. The molecule has 0 saturated heterocycles. The first-order valence-electron chi connectivity index (χ1n) is 10.4. The van der Waals surface area contributed by atoms with Crippen molar-refractivity contribution in [3.63, 3.8) is 0 Å². The summed E-state index contributed by atoms with van der Waals surface area (Å²) < 4.78 is 10.9. The lowest BCUT2D eigenvalue weighted by atomic mass is 9.97. The summed E-state index contributed by atoms with van der Waals surface area (Å²) in [6.45, 7) is 1.13. The van der Waals surface area contributed by atoms with E-state index in [2.05, 4.69) is 9.97 Å². The standard InChI is InChI=1S/C25H18N4O4/c26-25-27-20-6-5-14(18-9-22-21(32-13-33-22)8-17(18)12-30)7-19(20)23(28-25)24(31)29-10-15-3-1-2-4-16(15)11-29/h1-9,12H,10-11,13H2,(H2,26,27,28). The lowest BCUT2D eigenvalue weighted by molar-refractivity contribution is 0.0747. The molecule has 0 radical (unpaired) electrons. The molecule has 0 bridgehead atoms. The number of nitrogen functional groups attached to an aromatic ring is 1. The molecule has 33 heavy (non-hydrogen) atoms. The zero-order chi connectivity index (χ0) is 22.5. The molecule has 8 heteroatoms. The van der Waals surface area contributed by atoms with E-state index in [4.69, 9.17) is 15.2 Å². The number of carbonyl (C=O) groups excluding carboxylic acids is 2. The van der Waals surface area contributed by atoms with E-state index in [9.17, 15) is 9.59 Å². The van der Waals surface area contributed by atoms with Crippen LogP contribution in [0, 0.1) is 0 Å². The number of hydrogen-bond acceptors (Lipinski definition) is 7. The minimum Gasteiger partial charge on any atom is -0.454 e. The highest BCUT2D eigenvalue weighted by molar-refractivity contribution is 6.06. The summed E-state index contributed by atoms with van der Waals surface area (Å²) in [5.41, 5.74) is 10.8. The monoisotopic (exact) mass is 438 g/mol. The van der Waals surface area contributed by atoms with Gasteiger partial charge in [-0.2, -0.15) is 0 Å². The maximum atomic E-state index is 13.5. The van der Waals surface area contributed by atoms with Gasteiger partial charge in [-0.05, 0) is 46.5 Å². The Bertz CT molecular complexity index is 1440. The quantitative estimate of drug-likeness (QED) is 0.487.